The van der Waals surface area contributed by atoms with Gasteiger partial charge in [0.05, 0.1) is 0 Å². The van der Waals surface area contributed by atoms with E-state index in [9.17, 15) is 10.2 Å². The molecule has 0 radical (unpaired) electrons. The first-order chi connectivity index (χ1) is 15.6. The molecule has 5 rings (SSSR count). The summed E-state index contributed by atoms with van der Waals surface area (Å²) < 4.78 is 12.3. The number of rotatable bonds is 6. The number of hydrogen-bond acceptors (Lipinski definition) is 5. The molecule has 2 aliphatic heterocycles. The second-order valence-corrected chi connectivity index (χ2v) is 8.38. The summed E-state index contributed by atoms with van der Waals surface area (Å²) in [6.45, 7) is 6.01. The Bertz CT molecular complexity index is 1150. The molecule has 5 heteroatoms. The maximum Gasteiger partial charge on any atom is 0.150 e. The number of benzene rings is 3. The second-order valence-electron chi connectivity index (χ2n) is 8.38. The van der Waals surface area contributed by atoms with Crippen LogP contribution in [-0.4, -0.2) is 41.4 Å². The average molecular weight is 430 g/mol. The number of likely N-dealkylation sites (tertiary alicyclic amines) is 1. The highest BCUT2D eigenvalue weighted by atomic mass is 16.5. The van der Waals surface area contributed by atoms with Gasteiger partial charge in [0, 0.05) is 17.7 Å². The lowest BCUT2D eigenvalue weighted by Gasteiger charge is -2.31. The van der Waals surface area contributed by atoms with Crippen molar-refractivity contribution < 1.29 is 19.7 Å². The lowest BCUT2D eigenvalue weighted by atomic mass is 9.86. The fourth-order valence-corrected chi connectivity index (χ4v) is 4.35. The van der Waals surface area contributed by atoms with Crippen molar-refractivity contribution in [1.29, 1.82) is 0 Å². The number of ether oxygens (including phenoxy) is 2. The van der Waals surface area contributed by atoms with Crippen LogP contribution in [0.4, 0.5) is 0 Å². The van der Waals surface area contributed by atoms with Gasteiger partial charge in [-0.25, -0.2) is 0 Å². The lowest BCUT2D eigenvalue weighted by Crippen LogP contribution is -2.39. The van der Waals surface area contributed by atoms with Gasteiger partial charge in [0.25, 0.3) is 0 Å². The van der Waals surface area contributed by atoms with Crippen molar-refractivity contribution in [3.8, 4) is 23.0 Å². The number of phenols is 2. The molecule has 2 heterocycles. The molecule has 164 valence electrons. The molecule has 0 bridgehead atoms. The van der Waals surface area contributed by atoms with Crippen LogP contribution in [0.5, 0.6) is 23.0 Å². The smallest absolute Gasteiger partial charge is 0.150 e. The zero-order valence-corrected chi connectivity index (χ0v) is 18.1. The molecular weight excluding hydrogens is 402 g/mol. The highest BCUT2D eigenvalue weighted by Gasteiger charge is 2.29. The Morgan fingerprint density at radius 3 is 2.47 bits per heavy atom. The van der Waals surface area contributed by atoms with Gasteiger partial charge < -0.3 is 19.7 Å². The standard InChI is InChI=1S/C27H27NO4/c1-18-24-17-22(30)8-11-25(24)32-27(26(18)20-4-2-5-21(29)16-20)19-6-9-23(10-7-19)31-15-14-28-12-3-13-28/h2,4-11,16-17,27,29-30H,3,12-15H2,1H3. The Labute approximate surface area is 188 Å². The zero-order valence-electron chi connectivity index (χ0n) is 18.1. The lowest BCUT2D eigenvalue weighted by molar-refractivity contribution is 0.147. The van der Waals surface area contributed by atoms with Crippen LogP contribution in [0.2, 0.25) is 0 Å². The number of allylic oxidation sites excluding steroid dienone is 1. The number of aromatic hydroxyl groups is 2. The third-order valence-corrected chi connectivity index (χ3v) is 6.24. The zero-order chi connectivity index (χ0) is 22.1. The van der Waals surface area contributed by atoms with E-state index in [4.69, 9.17) is 9.47 Å². The molecule has 0 saturated carbocycles. The minimum atomic E-state index is -0.344. The van der Waals surface area contributed by atoms with Crippen LogP contribution in [0.25, 0.3) is 11.1 Å². The van der Waals surface area contributed by atoms with Crippen LogP contribution in [-0.2, 0) is 0 Å². The third kappa shape index (κ3) is 4.04. The SMILES string of the molecule is CC1=C(c2cccc(O)c2)C(c2ccc(OCCN3CCC3)cc2)Oc2ccc(O)cc21. The van der Waals surface area contributed by atoms with E-state index in [1.54, 1.807) is 30.3 Å². The minimum absolute atomic E-state index is 0.195. The predicted octanol–water partition coefficient (Wildman–Crippen LogP) is 5.25. The van der Waals surface area contributed by atoms with Gasteiger partial charge in [0.1, 0.15) is 35.7 Å². The van der Waals surface area contributed by atoms with E-state index in [1.807, 2.05) is 43.3 Å². The van der Waals surface area contributed by atoms with Gasteiger partial charge in [-0.05, 0) is 85.6 Å². The van der Waals surface area contributed by atoms with E-state index >= 15 is 0 Å². The van der Waals surface area contributed by atoms with Crippen LogP contribution >= 0.6 is 0 Å². The number of nitrogens with zero attached hydrogens (tertiary/aromatic N) is 1. The van der Waals surface area contributed by atoms with E-state index < -0.39 is 0 Å². The van der Waals surface area contributed by atoms with Crippen molar-refractivity contribution in [3.63, 3.8) is 0 Å². The summed E-state index contributed by atoms with van der Waals surface area (Å²) in [6, 6.07) is 20.4. The molecule has 0 aliphatic carbocycles. The van der Waals surface area contributed by atoms with Gasteiger partial charge in [-0.3, -0.25) is 4.90 Å². The van der Waals surface area contributed by atoms with Crippen molar-refractivity contribution >= 4 is 11.1 Å². The Morgan fingerprint density at radius 1 is 0.969 bits per heavy atom. The first-order valence-corrected chi connectivity index (χ1v) is 11.0. The predicted molar refractivity (Wildman–Crippen MR) is 125 cm³/mol. The largest absolute Gasteiger partial charge is 0.508 e. The van der Waals surface area contributed by atoms with E-state index in [-0.39, 0.29) is 17.6 Å². The Morgan fingerprint density at radius 2 is 1.75 bits per heavy atom. The highest BCUT2D eigenvalue weighted by molar-refractivity contribution is 5.95. The van der Waals surface area contributed by atoms with Crippen molar-refractivity contribution in [2.75, 3.05) is 26.2 Å². The molecule has 0 amide bonds. The number of phenolic OH excluding ortho intramolecular Hbond substituents is 2. The molecule has 1 unspecified atom stereocenters. The quantitative estimate of drug-likeness (QED) is 0.561. The first kappa shape index (κ1) is 20.5. The summed E-state index contributed by atoms with van der Waals surface area (Å²) in [5.74, 6) is 1.97. The minimum Gasteiger partial charge on any atom is -0.508 e. The summed E-state index contributed by atoms with van der Waals surface area (Å²) in [5.41, 5.74) is 4.71. The van der Waals surface area contributed by atoms with Crippen LogP contribution in [0.15, 0.2) is 66.7 Å². The van der Waals surface area contributed by atoms with Crippen LogP contribution in [0.3, 0.4) is 0 Å². The Hall–Kier alpha value is -3.44. The van der Waals surface area contributed by atoms with E-state index in [1.165, 1.54) is 19.5 Å². The molecule has 5 nitrogen and oxygen atoms in total. The van der Waals surface area contributed by atoms with Gasteiger partial charge in [-0.2, -0.15) is 0 Å². The van der Waals surface area contributed by atoms with Crippen LogP contribution in [0, 0.1) is 0 Å². The van der Waals surface area contributed by atoms with E-state index in [0.717, 1.165) is 45.9 Å². The molecule has 32 heavy (non-hydrogen) atoms. The van der Waals surface area contributed by atoms with Crippen molar-refractivity contribution in [3.05, 3.63) is 83.4 Å². The molecule has 2 aliphatic rings. The number of hydrogen-bond donors (Lipinski definition) is 2. The molecule has 2 N–H and O–H groups in total. The van der Waals surface area contributed by atoms with Gasteiger partial charge in [0.15, 0.2) is 0 Å². The monoisotopic (exact) mass is 429 g/mol. The maximum absolute atomic E-state index is 10.1. The van der Waals surface area contributed by atoms with E-state index in [2.05, 4.69) is 4.90 Å². The summed E-state index contributed by atoms with van der Waals surface area (Å²) in [4.78, 5) is 2.38. The van der Waals surface area contributed by atoms with Gasteiger partial charge >= 0.3 is 0 Å². The molecular formula is C27H27NO4. The Kier molecular flexibility index (Phi) is 5.50. The molecule has 3 aromatic carbocycles. The van der Waals surface area contributed by atoms with Gasteiger partial charge in [-0.1, -0.05) is 24.3 Å². The third-order valence-electron chi connectivity index (χ3n) is 6.24. The summed E-state index contributed by atoms with van der Waals surface area (Å²) in [5, 5.41) is 20.1. The number of fused-ring (bicyclic) bond motifs is 1. The molecule has 1 fully saturated rings. The first-order valence-electron chi connectivity index (χ1n) is 11.0. The molecule has 0 spiro atoms. The molecule has 0 aromatic heterocycles. The summed E-state index contributed by atoms with van der Waals surface area (Å²) in [6.07, 6.45) is 0.941. The highest BCUT2D eigenvalue weighted by Crippen LogP contribution is 2.47. The maximum atomic E-state index is 10.1. The van der Waals surface area contributed by atoms with Gasteiger partial charge in [0.2, 0.25) is 0 Å². The topological polar surface area (TPSA) is 62.2 Å². The van der Waals surface area contributed by atoms with Crippen molar-refractivity contribution in [1.82, 2.24) is 4.90 Å². The summed E-state index contributed by atoms with van der Waals surface area (Å²) >= 11 is 0. The van der Waals surface area contributed by atoms with Crippen LogP contribution < -0.4 is 9.47 Å². The van der Waals surface area contributed by atoms with Crippen molar-refractivity contribution in [2.24, 2.45) is 0 Å². The summed E-state index contributed by atoms with van der Waals surface area (Å²) in [7, 11) is 0. The molecule has 3 aromatic rings. The molecule has 1 atom stereocenters. The fourth-order valence-electron chi connectivity index (χ4n) is 4.35. The second kappa shape index (κ2) is 8.60. The fraction of sp³-hybridized carbons (Fsp3) is 0.259. The normalized spacial score (nSPS) is 18.0. The van der Waals surface area contributed by atoms with Crippen molar-refractivity contribution in [2.45, 2.75) is 19.4 Å². The van der Waals surface area contributed by atoms with E-state index in [0.29, 0.717) is 6.61 Å². The average Bonchev–Trinajstić information content (AvgIpc) is 2.76. The Balaban J connectivity index is 1.46. The van der Waals surface area contributed by atoms with Crippen LogP contribution in [0.1, 0.15) is 36.1 Å². The van der Waals surface area contributed by atoms with Gasteiger partial charge in [-0.15, -0.1) is 0 Å². The molecule has 1 saturated heterocycles.